The first kappa shape index (κ1) is 10.6. The number of hydrogen-bond acceptors (Lipinski definition) is 2. The van der Waals surface area contributed by atoms with Gasteiger partial charge in [-0.3, -0.25) is 0 Å². The molecular formula is C12H15NO. The van der Waals surface area contributed by atoms with Crippen molar-refractivity contribution in [2.45, 2.75) is 33.1 Å². The SMILES string of the molecule is Cc1cc(C)c(O)c(C(C)(C)C#N)c1. The first-order valence-corrected chi connectivity index (χ1v) is 4.60. The monoisotopic (exact) mass is 189 g/mol. The summed E-state index contributed by atoms with van der Waals surface area (Å²) in [4.78, 5) is 0. The lowest BCUT2D eigenvalue weighted by Crippen LogP contribution is -2.14. The Labute approximate surface area is 84.8 Å². The van der Waals surface area contributed by atoms with Crippen LogP contribution in [0.25, 0.3) is 0 Å². The van der Waals surface area contributed by atoms with Gasteiger partial charge in [-0.1, -0.05) is 17.7 Å². The maximum absolute atomic E-state index is 9.84. The molecule has 1 aromatic carbocycles. The average molecular weight is 189 g/mol. The third-order valence-corrected chi connectivity index (χ3v) is 2.40. The maximum atomic E-state index is 9.84. The standard InChI is InChI=1S/C12H15NO/c1-8-5-9(2)11(14)10(6-8)12(3,4)7-13/h5-6,14H,1-4H3. The molecule has 0 fully saturated rings. The zero-order valence-corrected chi connectivity index (χ0v) is 9.05. The van der Waals surface area contributed by atoms with Crippen LogP contribution in [-0.4, -0.2) is 5.11 Å². The minimum absolute atomic E-state index is 0.238. The molecule has 0 aliphatic rings. The third-order valence-electron chi connectivity index (χ3n) is 2.40. The van der Waals surface area contributed by atoms with E-state index in [1.165, 1.54) is 0 Å². The molecule has 2 nitrogen and oxygen atoms in total. The van der Waals surface area contributed by atoms with Gasteiger partial charge >= 0.3 is 0 Å². The topological polar surface area (TPSA) is 44.0 Å². The van der Waals surface area contributed by atoms with Crippen molar-refractivity contribution < 1.29 is 5.11 Å². The molecule has 0 aromatic heterocycles. The van der Waals surface area contributed by atoms with E-state index in [-0.39, 0.29) is 5.75 Å². The molecule has 0 unspecified atom stereocenters. The summed E-state index contributed by atoms with van der Waals surface area (Å²) in [6.07, 6.45) is 0. The lowest BCUT2D eigenvalue weighted by molar-refractivity contribution is 0.452. The molecule has 2 heteroatoms. The van der Waals surface area contributed by atoms with Gasteiger partial charge in [0.1, 0.15) is 5.75 Å². The Balaban J connectivity index is 3.44. The van der Waals surface area contributed by atoms with Gasteiger partial charge in [-0.15, -0.1) is 0 Å². The van der Waals surface area contributed by atoms with Crippen LogP contribution in [0.2, 0.25) is 0 Å². The molecule has 0 aliphatic carbocycles. The van der Waals surface area contributed by atoms with Crippen molar-refractivity contribution >= 4 is 0 Å². The van der Waals surface area contributed by atoms with Crippen LogP contribution in [0.3, 0.4) is 0 Å². The van der Waals surface area contributed by atoms with Crippen molar-refractivity contribution in [1.29, 1.82) is 5.26 Å². The van der Waals surface area contributed by atoms with E-state index in [0.717, 1.165) is 11.1 Å². The normalized spacial score (nSPS) is 11.1. The van der Waals surface area contributed by atoms with Crippen molar-refractivity contribution in [3.8, 4) is 11.8 Å². The molecule has 0 saturated heterocycles. The molecular weight excluding hydrogens is 174 g/mol. The number of hydrogen-bond donors (Lipinski definition) is 1. The molecule has 0 atom stereocenters. The highest BCUT2D eigenvalue weighted by Crippen LogP contribution is 2.33. The minimum Gasteiger partial charge on any atom is -0.507 e. The number of nitriles is 1. The summed E-state index contributed by atoms with van der Waals surface area (Å²) in [5.74, 6) is 0.238. The zero-order valence-electron chi connectivity index (χ0n) is 9.05. The third kappa shape index (κ3) is 1.72. The Morgan fingerprint density at radius 2 is 1.86 bits per heavy atom. The van der Waals surface area contributed by atoms with Crippen molar-refractivity contribution in [2.75, 3.05) is 0 Å². The minimum atomic E-state index is -0.638. The number of aromatic hydroxyl groups is 1. The van der Waals surface area contributed by atoms with E-state index in [1.54, 1.807) is 13.8 Å². The Morgan fingerprint density at radius 3 is 2.36 bits per heavy atom. The van der Waals surface area contributed by atoms with Gasteiger partial charge in [-0.25, -0.2) is 0 Å². The zero-order chi connectivity index (χ0) is 10.9. The summed E-state index contributed by atoms with van der Waals surface area (Å²) in [6, 6.07) is 5.97. The first-order chi connectivity index (χ1) is 6.38. The van der Waals surface area contributed by atoms with Crippen LogP contribution in [0.5, 0.6) is 5.75 Å². The van der Waals surface area contributed by atoms with Gasteiger partial charge < -0.3 is 5.11 Å². The van der Waals surface area contributed by atoms with Crippen molar-refractivity contribution in [3.05, 3.63) is 28.8 Å². The van der Waals surface area contributed by atoms with E-state index in [9.17, 15) is 5.11 Å². The van der Waals surface area contributed by atoms with E-state index in [0.29, 0.717) is 5.56 Å². The van der Waals surface area contributed by atoms with E-state index in [2.05, 4.69) is 6.07 Å². The van der Waals surface area contributed by atoms with Gasteiger partial charge in [0.05, 0.1) is 11.5 Å². The van der Waals surface area contributed by atoms with Gasteiger partial charge in [0.25, 0.3) is 0 Å². The summed E-state index contributed by atoms with van der Waals surface area (Å²) in [6.45, 7) is 7.42. The van der Waals surface area contributed by atoms with Crippen molar-refractivity contribution in [3.63, 3.8) is 0 Å². The predicted molar refractivity (Wildman–Crippen MR) is 56.2 cm³/mol. The molecule has 0 amide bonds. The summed E-state index contributed by atoms with van der Waals surface area (Å²) in [7, 11) is 0. The Morgan fingerprint density at radius 1 is 1.29 bits per heavy atom. The summed E-state index contributed by atoms with van der Waals surface area (Å²) < 4.78 is 0. The molecule has 1 aromatic rings. The predicted octanol–water partition coefficient (Wildman–Crippen LogP) is 2.81. The van der Waals surface area contributed by atoms with Gasteiger partial charge in [0, 0.05) is 5.56 Å². The Bertz CT molecular complexity index is 400. The van der Waals surface area contributed by atoms with Gasteiger partial charge in [-0.2, -0.15) is 5.26 Å². The van der Waals surface area contributed by atoms with Gasteiger partial charge in [0.2, 0.25) is 0 Å². The molecule has 14 heavy (non-hydrogen) atoms. The highest BCUT2D eigenvalue weighted by atomic mass is 16.3. The fraction of sp³-hybridized carbons (Fsp3) is 0.417. The number of benzene rings is 1. The largest absolute Gasteiger partial charge is 0.507 e. The van der Waals surface area contributed by atoms with Crippen LogP contribution in [0, 0.1) is 25.2 Å². The molecule has 74 valence electrons. The van der Waals surface area contributed by atoms with Crippen LogP contribution in [-0.2, 0) is 5.41 Å². The molecule has 0 aliphatic heterocycles. The maximum Gasteiger partial charge on any atom is 0.123 e. The molecule has 0 heterocycles. The van der Waals surface area contributed by atoms with Gasteiger partial charge in [0.15, 0.2) is 0 Å². The second-order valence-corrected chi connectivity index (χ2v) is 4.21. The smallest absolute Gasteiger partial charge is 0.123 e. The summed E-state index contributed by atoms with van der Waals surface area (Å²) in [5, 5.41) is 18.8. The number of aryl methyl sites for hydroxylation is 2. The van der Waals surface area contributed by atoms with E-state index in [4.69, 9.17) is 5.26 Å². The second kappa shape index (κ2) is 3.34. The van der Waals surface area contributed by atoms with Crippen LogP contribution in [0.4, 0.5) is 0 Å². The van der Waals surface area contributed by atoms with Crippen molar-refractivity contribution in [1.82, 2.24) is 0 Å². The van der Waals surface area contributed by atoms with Crippen LogP contribution in [0.1, 0.15) is 30.5 Å². The van der Waals surface area contributed by atoms with E-state index in [1.807, 2.05) is 26.0 Å². The lowest BCUT2D eigenvalue weighted by atomic mass is 9.84. The number of phenols is 1. The van der Waals surface area contributed by atoms with Gasteiger partial charge in [-0.05, 0) is 33.3 Å². The highest BCUT2D eigenvalue weighted by molar-refractivity contribution is 5.48. The molecule has 0 radical (unpaired) electrons. The number of nitrogens with zero attached hydrogens (tertiary/aromatic N) is 1. The summed E-state index contributed by atoms with van der Waals surface area (Å²) in [5.41, 5.74) is 1.96. The molecule has 1 rings (SSSR count). The second-order valence-electron chi connectivity index (χ2n) is 4.21. The summed E-state index contributed by atoms with van der Waals surface area (Å²) >= 11 is 0. The Kier molecular flexibility index (Phi) is 2.53. The van der Waals surface area contributed by atoms with Crippen LogP contribution >= 0.6 is 0 Å². The van der Waals surface area contributed by atoms with Crippen LogP contribution in [0.15, 0.2) is 12.1 Å². The first-order valence-electron chi connectivity index (χ1n) is 4.60. The molecule has 0 bridgehead atoms. The molecule has 0 spiro atoms. The average Bonchev–Trinajstić information content (AvgIpc) is 2.11. The fourth-order valence-electron chi connectivity index (χ4n) is 1.50. The number of phenolic OH excluding ortho intramolecular Hbond substituents is 1. The van der Waals surface area contributed by atoms with E-state index >= 15 is 0 Å². The molecule has 1 N–H and O–H groups in total. The number of rotatable bonds is 1. The fourth-order valence-corrected chi connectivity index (χ4v) is 1.50. The lowest BCUT2D eigenvalue weighted by Gasteiger charge is -2.19. The van der Waals surface area contributed by atoms with Crippen molar-refractivity contribution in [2.24, 2.45) is 0 Å². The Hall–Kier alpha value is -1.49. The van der Waals surface area contributed by atoms with E-state index < -0.39 is 5.41 Å². The quantitative estimate of drug-likeness (QED) is 0.738. The highest BCUT2D eigenvalue weighted by Gasteiger charge is 2.24. The molecule has 0 saturated carbocycles. The van der Waals surface area contributed by atoms with Crippen LogP contribution < -0.4 is 0 Å².